The summed E-state index contributed by atoms with van der Waals surface area (Å²) in [6, 6.07) is 14.9. The third-order valence-electron chi connectivity index (χ3n) is 3.43. The highest BCUT2D eigenvalue weighted by Crippen LogP contribution is 2.24. The van der Waals surface area contributed by atoms with E-state index in [9.17, 15) is 13.2 Å². The number of hydrogen-bond donors (Lipinski definition) is 0. The Labute approximate surface area is 133 Å². The van der Waals surface area contributed by atoms with Crippen LogP contribution < -0.4 is 0 Å². The lowest BCUT2D eigenvalue weighted by Crippen LogP contribution is -2.04. The molecule has 0 radical (unpaired) electrons. The Hall–Kier alpha value is -2.60. The van der Waals surface area contributed by atoms with E-state index in [2.05, 4.69) is 4.74 Å². The molecule has 3 rings (SSSR count). The van der Waals surface area contributed by atoms with Gasteiger partial charge in [0.1, 0.15) is 5.58 Å². The van der Waals surface area contributed by atoms with Gasteiger partial charge < -0.3 is 9.15 Å². The van der Waals surface area contributed by atoms with Gasteiger partial charge in [-0.25, -0.2) is 13.2 Å². The fourth-order valence-electron chi connectivity index (χ4n) is 2.31. The maximum atomic E-state index is 12.4. The highest BCUT2D eigenvalue weighted by Gasteiger charge is 2.17. The third kappa shape index (κ3) is 3.12. The van der Waals surface area contributed by atoms with E-state index in [1.165, 1.54) is 7.11 Å². The zero-order valence-electron chi connectivity index (χ0n) is 12.4. The minimum absolute atomic E-state index is 0.0885. The number of esters is 1. The number of carbonyl (C=O) groups is 1. The number of benzene rings is 2. The Morgan fingerprint density at radius 3 is 2.52 bits per heavy atom. The average molecular weight is 330 g/mol. The molecule has 0 bridgehead atoms. The van der Waals surface area contributed by atoms with Crippen LogP contribution in [0.2, 0.25) is 0 Å². The molecule has 0 spiro atoms. The molecule has 3 aromatic rings. The summed E-state index contributed by atoms with van der Waals surface area (Å²) in [6.07, 6.45) is 0. The Morgan fingerprint density at radius 2 is 1.83 bits per heavy atom. The van der Waals surface area contributed by atoms with E-state index in [0.717, 1.165) is 0 Å². The topological polar surface area (TPSA) is 73.6 Å². The van der Waals surface area contributed by atoms with E-state index in [1.54, 1.807) is 54.6 Å². The number of rotatable bonds is 4. The van der Waals surface area contributed by atoms with Gasteiger partial charge in [-0.05, 0) is 35.9 Å². The first-order chi connectivity index (χ1) is 11.0. The molecule has 0 unspecified atom stereocenters. The zero-order chi connectivity index (χ0) is 16.4. The van der Waals surface area contributed by atoms with Gasteiger partial charge in [-0.3, -0.25) is 0 Å². The minimum Gasteiger partial charge on any atom is -0.463 e. The molecule has 0 aliphatic heterocycles. The molecular weight excluding hydrogens is 316 g/mol. The summed E-state index contributed by atoms with van der Waals surface area (Å²) in [5.41, 5.74) is 1.13. The molecular formula is C17H14O5S. The first kappa shape index (κ1) is 15.3. The smallest absolute Gasteiger partial charge is 0.373 e. The van der Waals surface area contributed by atoms with Crippen molar-refractivity contribution >= 4 is 26.8 Å². The van der Waals surface area contributed by atoms with Crippen molar-refractivity contribution in [3.05, 3.63) is 65.9 Å². The molecule has 6 heteroatoms. The van der Waals surface area contributed by atoms with Gasteiger partial charge in [0.25, 0.3) is 0 Å². The van der Waals surface area contributed by atoms with E-state index in [1.807, 2.05) is 0 Å². The van der Waals surface area contributed by atoms with Gasteiger partial charge in [-0.2, -0.15) is 0 Å². The molecule has 0 saturated heterocycles. The van der Waals surface area contributed by atoms with Gasteiger partial charge in [-0.15, -0.1) is 0 Å². The van der Waals surface area contributed by atoms with E-state index < -0.39 is 15.8 Å². The summed E-state index contributed by atoms with van der Waals surface area (Å²) < 4.78 is 34.8. The van der Waals surface area contributed by atoms with Crippen molar-refractivity contribution in [2.75, 3.05) is 7.11 Å². The Balaban J connectivity index is 1.93. The number of carbonyl (C=O) groups excluding carboxylic acids is 1. The van der Waals surface area contributed by atoms with Crippen LogP contribution in [0.4, 0.5) is 0 Å². The molecule has 1 aromatic heterocycles. The summed E-state index contributed by atoms with van der Waals surface area (Å²) in [5, 5.41) is 0.658. The predicted molar refractivity (Wildman–Crippen MR) is 84.9 cm³/mol. The van der Waals surface area contributed by atoms with E-state index >= 15 is 0 Å². The average Bonchev–Trinajstić information content (AvgIpc) is 2.98. The van der Waals surface area contributed by atoms with Gasteiger partial charge in [0, 0.05) is 5.39 Å². The predicted octanol–water partition coefficient (Wildman–Crippen LogP) is 3.19. The second kappa shape index (κ2) is 5.89. The van der Waals surface area contributed by atoms with Crippen LogP contribution >= 0.6 is 0 Å². The van der Waals surface area contributed by atoms with Crippen LogP contribution in [0.5, 0.6) is 0 Å². The van der Waals surface area contributed by atoms with E-state index in [-0.39, 0.29) is 16.4 Å². The van der Waals surface area contributed by atoms with Gasteiger partial charge in [0.15, 0.2) is 9.84 Å². The highest BCUT2D eigenvalue weighted by atomic mass is 32.2. The number of sulfone groups is 1. The lowest BCUT2D eigenvalue weighted by atomic mass is 10.2. The molecule has 0 N–H and O–H groups in total. The van der Waals surface area contributed by atoms with Gasteiger partial charge in [0.05, 0.1) is 17.8 Å². The van der Waals surface area contributed by atoms with Crippen molar-refractivity contribution in [1.82, 2.24) is 0 Å². The Morgan fingerprint density at radius 1 is 1.09 bits per heavy atom. The molecule has 0 aliphatic carbocycles. The van der Waals surface area contributed by atoms with Gasteiger partial charge in [0.2, 0.25) is 5.76 Å². The lowest BCUT2D eigenvalue weighted by molar-refractivity contribution is 0.0567. The van der Waals surface area contributed by atoms with Crippen LogP contribution in [0.3, 0.4) is 0 Å². The summed E-state index contributed by atoms with van der Waals surface area (Å²) >= 11 is 0. The quantitative estimate of drug-likeness (QED) is 0.687. The summed E-state index contributed by atoms with van der Waals surface area (Å²) in [4.78, 5) is 11.8. The van der Waals surface area contributed by atoms with Crippen LogP contribution in [-0.2, 0) is 20.3 Å². The second-order valence-electron chi connectivity index (χ2n) is 5.05. The molecule has 23 heavy (non-hydrogen) atoms. The number of hydrogen-bond acceptors (Lipinski definition) is 5. The molecule has 0 atom stereocenters. The summed E-state index contributed by atoms with van der Waals surface area (Å²) in [6.45, 7) is 0. The molecule has 0 fully saturated rings. The fourth-order valence-corrected chi connectivity index (χ4v) is 3.67. The second-order valence-corrected chi connectivity index (χ2v) is 7.04. The molecule has 0 aliphatic rings. The molecule has 118 valence electrons. The molecule has 1 heterocycles. The standard InChI is InChI=1S/C17H14O5S/c1-21-17(18)16-10-13-9-12(7-8-15(13)22-16)11-23(19,20)14-5-3-2-4-6-14/h2-10H,11H2,1H3. The number of fused-ring (bicyclic) bond motifs is 1. The van der Waals surface area contributed by atoms with Crippen LogP contribution in [0.1, 0.15) is 16.1 Å². The SMILES string of the molecule is COC(=O)c1cc2cc(CS(=O)(=O)c3ccccc3)ccc2o1. The Kier molecular flexibility index (Phi) is 3.92. The van der Waals surface area contributed by atoms with Gasteiger partial charge >= 0.3 is 5.97 Å². The lowest BCUT2D eigenvalue weighted by Gasteiger charge is -2.04. The first-order valence-electron chi connectivity index (χ1n) is 6.88. The Bertz CT molecular complexity index is 955. The molecule has 0 saturated carbocycles. The zero-order valence-corrected chi connectivity index (χ0v) is 13.2. The number of methoxy groups -OCH3 is 1. The van der Waals surface area contributed by atoms with Crippen molar-refractivity contribution in [1.29, 1.82) is 0 Å². The van der Waals surface area contributed by atoms with Crippen LogP contribution in [-0.4, -0.2) is 21.5 Å². The van der Waals surface area contributed by atoms with Crippen molar-refractivity contribution in [3.8, 4) is 0 Å². The monoisotopic (exact) mass is 330 g/mol. The van der Waals surface area contributed by atoms with Crippen molar-refractivity contribution in [2.24, 2.45) is 0 Å². The molecule has 5 nitrogen and oxygen atoms in total. The normalized spacial score (nSPS) is 11.5. The van der Waals surface area contributed by atoms with Crippen molar-refractivity contribution in [3.63, 3.8) is 0 Å². The number of ether oxygens (including phenoxy) is 1. The maximum Gasteiger partial charge on any atom is 0.373 e. The highest BCUT2D eigenvalue weighted by molar-refractivity contribution is 7.90. The van der Waals surface area contributed by atoms with Crippen LogP contribution in [0, 0.1) is 0 Å². The third-order valence-corrected chi connectivity index (χ3v) is 5.13. The fraction of sp³-hybridized carbons (Fsp3) is 0.118. The molecule has 0 amide bonds. The largest absolute Gasteiger partial charge is 0.463 e. The van der Waals surface area contributed by atoms with Crippen molar-refractivity contribution in [2.45, 2.75) is 10.6 Å². The van der Waals surface area contributed by atoms with Crippen molar-refractivity contribution < 1.29 is 22.4 Å². The summed E-state index contributed by atoms with van der Waals surface area (Å²) in [5.74, 6) is -0.601. The van der Waals surface area contributed by atoms with Crippen LogP contribution in [0.15, 0.2) is 63.9 Å². The maximum absolute atomic E-state index is 12.4. The first-order valence-corrected chi connectivity index (χ1v) is 8.53. The minimum atomic E-state index is -3.42. The van der Waals surface area contributed by atoms with Crippen LogP contribution in [0.25, 0.3) is 11.0 Å². The van der Waals surface area contributed by atoms with E-state index in [4.69, 9.17) is 4.42 Å². The van der Waals surface area contributed by atoms with E-state index in [0.29, 0.717) is 16.5 Å². The van der Waals surface area contributed by atoms with Gasteiger partial charge in [-0.1, -0.05) is 24.3 Å². The summed E-state index contributed by atoms with van der Waals surface area (Å²) in [7, 11) is -2.15. The molecule has 2 aromatic carbocycles. The number of furan rings is 1.